The summed E-state index contributed by atoms with van der Waals surface area (Å²) in [5.41, 5.74) is 2.44. The first-order valence-corrected chi connectivity index (χ1v) is 8.05. The number of rotatable bonds is 5. The van der Waals surface area contributed by atoms with Crippen molar-refractivity contribution in [3.8, 4) is 0 Å². The van der Waals surface area contributed by atoms with Crippen molar-refractivity contribution < 1.29 is 4.74 Å². The van der Waals surface area contributed by atoms with Crippen LogP contribution in [0.1, 0.15) is 37.8 Å². The Bertz CT molecular complexity index is 573. The summed E-state index contributed by atoms with van der Waals surface area (Å²) in [7, 11) is 0. The number of para-hydroxylation sites is 1. The molecule has 3 nitrogen and oxygen atoms in total. The van der Waals surface area contributed by atoms with Crippen molar-refractivity contribution >= 4 is 10.9 Å². The van der Waals surface area contributed by atoms with Crippen LogP contribution in [0.4, 0.5) is 0 Å². The fourth-order valence-electron chi connectivity index (χ4n) is 3.24. The topological polar surface area (TPSA) is 34.2 Å². The quantitative estimate of drug-likeness (QED) is 0.909. The third-order valence-corrected chi connectivity index (χ3v) is 4.28. The molecule has 0 radical (unpaired) electrons. The van der Waals surface area contributed by atoms with Crippen molar-refractivity contribution in [3.05, 3.63) is 42.1 Å². The Morgan fingerprint density at radius 3 is 3.05 bits per heavy atom. The lowest BCUT2D eigenvalue weighted by Crippen LogP contribution is -2.34. The van der Waals surface area contributed by atoms with Crippen LogP contribution in [0, 0.1) is 5.92 Å². The second-order valence-electron chi connectivity index (χ2n) is 5.83. The van der Waals surface area contributed by atoms with Crippen molar-refractivity contribution in [2.24, 2.45) is 5.92 Å². The molecule has 2 aromatic rings. The zero-order chi connectivity index (χ0) is 14.5. The third-order valence-electron chi connectivity index (χ3n) is 4.28. The molecule has 0 amide bonds. The smallest absolute Gasteiger partial charge is 0.0749 e. The van der Waals surface area contributed by atoms with Gasteiger partial charge in [-0.3, -0.25) is 4.98 Å². The summed E-state index contributed by atoms with van der Waals surface area (Å²) < 4.78 is 5.72. The molecule has 0 bridgehead atoms. The Balaban J connectivity index is 1.96. The average Bonchev–Trinajstić information content (AvgIpc) is 2.56. The van der Waals surface area contributed by atoms with Crippen LogP contribution in [0.15, 0.2) is 36.5 Å². The monoisotopic (exact) mass is 284 g/mol. The summed E-state index contributed by atoms with van der Waals surface area (Å²) in [4.78, 5) is 4.62. The van der Waals surface area contributed by atoms with E-state index in [1.807, 2.05) is 12.3 Å². The van der Waals surface area contributed by atoms with Gasteiger partial charge in [0.2, 0.25) is 0 Å². The summed E-state index contributed by atoms with van der Waals surface area (Å²) in [5, 5.41) is 4.95. The lowest BCUT2D eigenvalue weighted by atomic mass is 9.87. The van der Waals surface area contributed by atoms with Gasteiger partial charge in [-0.2, -0.15) is 0 Å². The van der Waals surface area contributed by atoms with Gasteiger partial charge in [0, 0.05) is 30.1 Å². The van der Waals surface area contributed by atoms with Crippen LogP contribution in [-0.2, 0) is 4.74 Å². The zero-order valence-electron chi connectivity index (χ0n) is 12.7. The highest BCUT2D eigenvalue weighted by molar-refractivity contribution is 5.82. The number of hydrogen-bond donors (Lipinski definition) is 1. The van der Waals surface area contributed by atoms with E-state index in [9.17, 15) is 0 Å². The number of fused-ring (bicyclic) bond motifs is 1. The number of ether oxygens (including phenoxy) is 1. The van der Waals surface area contributed by atoms with Crippen LogP contribution in [-0.4, -0.2) is 24.7 Å². The van der Waals surface area contributed by atoms with E-state index in [4.69, 9.17) is 4.74 Å². The maximum Gasteiger partial charge on any atom is 0.0749 e. The second kappa shape index (κ2) is 7.01. The third kappa shape index (κ3) is 3.25. The molecule has 0 aliphatic carbocycles. The predicted molar refractivity (Wildman–Crippen MR) is 86.3 cm³/mol. The van der Waals surface area contributed by atoms with Crippen LogP contribution in [0.25, 0.3) is 10.9 Å². The molecule has 21 heavy (non-hydrogen) atoms. The first-order valence-electron chi connectivity index (χ1n) is 8.05. The van der Waals surface area contributed by atoms with E-state index < -0.39 is 0 Å². The number of pyridine rings is 1. The molecule has 0 saturated carbocycles. The van der Waals surface area contributed by atoms with Gasteiger partial charge in [-0.1, -0.05) is 31.2 Å². The number of benzene rings is 1. The maximum atomic E-state index is 5.72. The van der Waals surface area contributed by atoms with E-state index in [0.29, 0.717) is 12.0 Å². The number of nitrogens with zero attached hydrogens (tertiary/aromatic N) is 1. The molecule has 1 aliphatic rings. The summed E-state index contributed by atoms with van der Waals surface area (Å²) in [5.74, 6) is 0.540. The highest BCUT2D eigenvalue weighted by Gasteiger charge is 2.26. The van der Waals surface area contributed by atoms with Gasteiger partial charge in [0.1, 0.15) is 0 Å². The Morgan fingerprint density at radius 1 is 1.33 bits per heavy atom. The standard InChI is InChI=1S/C18H24N2O/c1-2-10-19-18(15-8-5-12-21-13-15)16-9-3-6-14-7-4-11-20-17(14)16/h3-4,6-7,9,11,15,18-19H,2,5,8,10,12-13H2,1H3. The number of hydrogen-bond acceptors (Lipinski definition) is 3. The minimum Gasteiger partial charge on any atom is -0.381 e. The summed E-state index contributed by atoms with van der Waals surface area (Å²) in [6.45, 7) is 5.00. The van der Waals surface area contributed by atoms with E-state index in [1.165, 1.54) is 17.4 Å². The molecule has 1 aliphatic heterocycles. The largest absolute Gasteiger partial charge is 0.381 e. The molecule has 1 aromatic heterocycles. The van der Waals surface area contributed by atoms with Crippen LogP contribution in [0.2, 0.25) is 0 Å². The van der Waals surface area contributed by atoms with Crippen LogP contribution >= 0.6 is 0 Å². The van der Waals surface area contributed by atoms with E-state index in [1.54, 1.807) is 0 Å². The molecule has 1 aromatic carbocycles. The lowest BCUT2D eigenvalue weighted by molar-refractivity contribution is 0.0392. The molecule has 2 atom stereocenters. The molecular formula is C18H24N2O. The molecule has 1 saturated heterocycles. The first-order chi connectivity index (χ1) is 10.4. The van der Waals surface area contributed by atoms with Crippen LogP contribution in [0.3, 0.4) is 0 Å². The van der Waals surface area contributed by atoms with Gasteiger partial charge in [-0.05, 0) is 37.4 Å². The summed E-state index contributed by atoms with van der Waals surface area (Å²) in [6, 6.07) is 11.0. The molecule has 112 valence electrons. The van der Waals surface area contributed by atoms with E-state index in [-0.39, 0.29) is 0 Å². The SMILES string of the molecule is CCCNC(c1cccc2cccnc12)C1CCCOC1. The molecule has 0 spiro atoms. The van der Waals surface area contributed by atoms with Gasteiger partial charge < -0.3 is 10.1 Å². The van der Waals surface area contributed by atoms with Gasteiger partial charge >= 0.3 is 0 Å². The van der Waals surface area contributed by atoms with E-state index >= 15 is 0 Å². The zero-order valence-corrected chi connectivity index (χ0v) is 12.7. The second-order valence-corrected chi connectivity index (χ2v) is 5.83. The predicted octanol–water partition coefficient (Wildman–Crippen LogP) is 3.70. The van der Waals surface area contributed by atoms with E-state index in [2.05, 4.69) is 41.5 Å². The van der Waals surface area contributed by atoms with Gasteiger partial charge in [-0.15, -0.1) is 0 Å². The first kappa shape index (κ1) is 14.5. The fraction of sp³-hybridized carbons (Fsp3) is 0.500. The minimum atomic E-state index is 0.337. The van der Waals surface area contributed by atoms with Crippen molar-refractivity contribution in [2.45, 2.75) is 32.2 Å². The van der Waals surface area contributed by atoms with Crippen molar-refractivity contribution in [2.75, 3.05) is 19.8 Å². The highest BCUT2D eigenvalue weighted by atomic mass is 16.5. The highest BCUT2D eigenvalue weighted by Crippen LogP contribution is 2.32. The van der Waals surface area contributed by atoms with Gasteiger partial charge in [0.15, 0.2) is 0 Å². The minimum absolute atomic E-state index is 0.337. The molecule has 1 N–H and O–H groups in total. The molecular weight excluding hydrogens is 260 g/mol. The number of nitrogens with one attached hydrogen (secondary N) is 1. The normalized spacial score (nSPS) is 20.5. The average molecular weight is 284 g/mol. The van der Waals surface area contributed by atoms with Gasteiger partial charge in [0.05, 0.1) is 12.1 Å². The molecule has 3 rings (SSSR count). The van der Waals surface area contributed by atoms with Crippen LogP contribution < -0.4 is 5.32 Å². The Labute approximate surface area is 126 Å². The Morgan fingerprint density at radius 2 is 2.24 bits per heavy atom. The summed E-state index contributed by atoms with van der Waals surface area (Å²) in [6.07, 6.45) is 5.42. The fourth-order valence-corrected chi connectivity index (χ4v) is 3.24. The Hall–Kier alpha value is -1.45. The molecule has 3 heteroatoms. The summed E-state index contributed by atoms with van der Waals surface area (Å²) >= 11 is 0. The van der Waals surface area contributed by atoms with E-state index in [0.717, 1.165) is 38.1 Å². The van der Waals surface area contributed by atoms with Gasteiger partial charge in [-0.25, -0.2) is 0 Å². The molecule has 1 fully saturated rings. The maximum absolute atomic E-state index is 5.72. The van der Waals surface area contributed by atoms with Crippen molar-refractivity contribution in [3.63, 3.8) is 0 Å². The van der Waals surface area contributed by atoms with Crippen molar-refractivity contribution in [1.29, 1.82) is 0 Å². The Kier molecular flexibility index (Phi) is 4.84. The van der Waals surface area contributed by atoms with Crippen LogP contribution in [0.5, 0.6) is 0 Å². The number of aromatic nitrogens is 1. The van der Waals surface area contributed by atoms with Crippen molar-refractivity contribution in [1.82, 2.24) is 10.3 Å². The molecule has 2 unspecified atom stereocenters. The lowest BCUT2D eigenvalue weighted by Gasteiger charge is -2.31. The molecule has 2 heterocycles. The van der Waals surface area contributed by atoms with Gasteiger partial charge in [0.25, 0.3) is 0 Å².